The molecule has 1 aliphatic heterocycles. The third-order valence-corrected chi connectivity index (χ3v) is 4.02. The predicted molar refractivity (Wildman–Crippen MR) is 91.0 cm³/mol. The van der Waals surface area contributed by atoms with E-state index in [1.807, 2.05) is 0 Å². The maximum absolute atomic E-state index is 11.7. The molecule has 122 valence electrons. The third kappa shape index (κ3) is 5.00. The summed E-state index contributed by atoms with van der Waals surface area (Å²) in [7, 11) is 0. The lowest BCUT2D eigenvalue weighted by molar-refractivity contribution is -0.125. The first-order valence-corrected chi connectivity index (χ1v) is 8.06. The number of nitrogens with zero attached hydrogens (tertiary/aromatic N) is 2. The van der Waals surface area contributed by atoms with Gasteiger partial charge >= 0.3 is 0 Å². The molecule has 0 bridgehead atoms. The van der Waals surface area contributed by atoms with E-state index in [0.717, 1.165) is 39.1 Å². The van der Waals surface area contributed by atoms with Gasteiger partial charge in [-0.3, -0.25) is 9.69 Å². The van der Waals surface area contributed by atoms with Gasteiger partial charge in [0, 0.05) is 38.4 Å². The summed E-state index contributed by atoms with van der Waals surface area (Å²) in [5, 5.41) is 2.90. The largest absolute Gasteiger partial charge is 0.369 e. The molecule has 1 fully saturated rings. The lowest BCUT2D eigenvalue weighted by Gasteiger charge is -2.36. The van der Waals surface area contributed by atoms with Crippen molar-refractivity contribution in [3.05, 3.63) is 30.3 Å². The van der Waals surface area contributed by atoms with Crippen LogP contribution in [0.25, 0.3) is 0 Å². The van der Waals surface area contributed by atoms with Crippen LogP contribution < -0.4 is 16.0 Å². The first kappa shape index (κ1) is 16.8. The highest BCUT2D eigenvalue weighted by Gasteiger charge is 2.21. The maximum atomic E-state index is 11.7. The Morgan fingerprint density at radius 1 is 1.18 bits per heavy atom. The van der Waals surface area contributed by atoms with Gasteiger partial charge in [-0.25, -0.2) is 0 Å². The van der Waals surface area contributed by atoms with E-state index in [1.54, 1.807) is 13.8 Å². The molecule has 1 aliphatic rings. The van der Waals surface area contributed by atoms with E-state index in [4.69, 9.17) is 5.73 Å². The topological polar surface area (TPSA) is 61.6 Å². The minimum Gasteiger partial charge on any atom is -0.369 e. The van der Waals surface area contributed by atoms with Gasteiger partial charge in [0.25, 0.3) is 0 Å². The van der Waals surface area contributed by atoms with Crippen molar-refractivity contribution in [2.24, 2.45) is 5.73 Å². The molecular weight excluding hydrogens is 276 g/mol. The van der Waals surface area contributed by atoms with Crippen molar-refractivity contribution in [3.8, 4) is 0 Å². The number of hydrogen-bond acceptors (Lipinski definition) is 4. The standard InChI is InChI=1S/C17H28N4O/c1-17(2,18)16(22)19-9-6-10-20-11-13-21(14-12-20)15-7-4-3-5-8-15/h3-5,7-8H,6,9-14,18H2,1-2H3,(H,19,22). The molecule has 0 spiro atoms. The van der Waals surface area contributed by atoms with Crippen LogP contribution in [0.3, 0.4) is 0 Å². The molecule has 5 nitrogen and oxygen atoms in total. The van der Waals surface area contributed by atoms with E-state index >= 15 is 0 Å². The molecule has 0 saturated carbocycles. The lowest BCUT2D eigenvalue weighted by atomic mass is 10.1. The average molecular weight is 304 g/mol. The molecule has 0 atom stereocenters. The smallest absolute Gasteiger partial charge is 0.239 e. The van der Waals surface area contributed by atoms with Gasteiger partial charge in [0.15, 0.2) is 0 Å². The number of amides is 1. The molecule has 1 heterocycles. The first-order valence-electron chi connectivity index (χ1n) is 8.06. The van der Waals surface area contributed by atoms with Gasteiger partial charge in [0.1, 0.15) is 0 Å². The summed E-state index contributed by atoms with van der Waals surface area (Å²) in [5.41, 5.74) is 6.26. The lowest BCUT2D eigenvalue weighted by Crippen LogP contribution is -2.50. The van der Waals surface area contributed by atoms with E-state index in [-0.39, 0.29) is 5.91 Å². The van der Waals surface area contributed by atoms with E-state index in [0.29, 0.717) is 6.54 Å². The van der Waals surface area contributed by atoms with Crippen molar-refractivity contribution < 1.29 is 4.79 Å². The Balaban J connectivity index is 1.63. The normalized spacial score (nSPS) is 16.6. The number of carbonyl (C=O) groups excluding carboxylic acids is 1. The SMILES string of the molecule is CC(C)(N)C(=O)NCCCN1CCN(c2ccccc2)CC1. The van der Waals surface area contributed by atoms with Gasteiger partial charge in [-0.2, -0.15) is 0 Å². The molecule has 0 unspecified atom stereocenters. The fourth-order valence-corrected chi connectivity index (χ4v) is 2.60. The molecule has 0 radical (unpaired) electrons. The second-order valence-electron chi connectivity index (χ2n) is 6.50. The molecule has 5 heteroatoms. The molecule has 1 aromatic carbocycles. The molecule has 1 amide bonds. The van der Waals surface area contributed by atoms with Crippen LogP contribution in [0.2, 0.25) is 0 Å². The van der Waals surface area contributed by atoms with Crippen molar-refractivity contribution in [3.63, 3.8) is 0 Å². The Labute approximate surface area is 133 Å². The van der Waals surface area contributed by atoms with Crippen LogP contribution in [-0.4, -0.2) is 55.6 Å². The minimum atomic E-state index is -0.790. The van der Waals surface area contributed by atoms with Crippen LogP contribution in [0.15, 0.2) is 30.3 Å². The van der Waals surface area contributed by atoms with Crippen molar-refractivity contribution in [1.82, 2.24) is 10.2 Å². The van der Waals surface area contributed by atoms with Crippen LogP contribution in [0, 0.1) is 0 Å². The number of hydrogen-bond donors (Lipinski definition) is 2. The Morgan fingerprint density at radius 2 is 1.82 bits per heavy atom. The van der Waals surface area contributed by atoms with E-state index < -0.39 is 5.54 Å². The van der Waals surface area contributed by atoms with Crippen LogP contribution in [0.5, 0.6) is 0 Å². The van der Waals surface area contributed by atoms with Gasteiger partial charge in [0.2, 0.25) is 5.91 Å². The van der Waals surface area contributed by atoms with Crippen molar-refractivity contribution in [2.75, 3.05) is 44.2 Å². The summed E-state index contributed by atoms with van der Waals surface area (Å²) in [6.45, 7) is 9.44. The second-order valence-corrected chi connectivity index (χ2v) is 6.50. The Morgan fingerprint density at radius 3 is 2.41 bits per heavy atom. The number of nitrogens with two attached hydrogens (primary N) is 1. The number of rotatable bonds is 6. The van der Waals surface area contributed by atoms with E-state index in [9.17, 15) is 4.79 Å². The Bertz CT molecular complexity index is 461. The summed E-state index contributed by atoms with van der Waals surface area (Å²) in [6.07, 6.45) is 0.965. The van der Waals surface area contributed by atoms with Gasteiger partial charge in [-0.15, -0.1) is 0 Å². The molecule has 1 aromatic rings. The Hall–Kier alpha value is -1.59. The van der Waals surface area contributed by atoms with Gasteiger partial charge in [-0.05, 0) is 38.9 Å². The molecule has 1 saturated heterocycles. The molecule has 3 N–H and O–H groups in total. The fourth-order valence-electron chi connectivity index (χ4n) is 2.60. The number of carbonyl (C=O) groups is 1. The predicted octanol–water partition coefficient (Wildman–Crippen LogP) is 1.05. The zero-order valence-corrected chi connectivity index (χ0v) is 13.7. The minimum absolute atomic E-state index is 0.0820. The molecule has 0 aliphatic carbocycles. The summed E-state index contributed by atoms with van der Waals surface area (Å²) < 4.78 is 0. The van der Waals surface area contributed by atoms with Gasteiger partial charge < -0.3 is 16.0 Å². The first-order chi connectivity index (χ1) is 10.5. The number of piperazine rings is 1. The van der Waals surface area contributed by atoms with E-state index in [1.165, 1.54) is 5.69 Å². The number of benzene rings is 1. The highest BCUT2D eigenvalue weighted by molar-refractivity contribution is 5.84. The molecule has 22 heavy (non-hydrogen) atoms. The quantitative estimate of drug-likeness (QED) is 0.771. The fraction of sp³-hybridized carbons (Fsp3) is 0.588. The molecule has 2 rings (SSSR count). The van der Waals surface area contributed by atoms with Crippen LogP contribution >= 0.6 is 0 Å². The van der Waals surface area contributed by atoms with Crippen LogP contribution in [0.4, 0.5) is 5.69 Å². The third-order valence-electron chi connectivity index (χ3n) is 4.02. The molecule has 0 aromatic heterocycles. The number of para-hydroxylation sites is 1. The zero-order chi connectivity index (χ0) is 16.0. The van der Waals surface area contributed by atoms with Crippen molar-refractivity contribution in [2.45, 2.75) is 25.8 Å². The summed E-state index contributed by atoms with van der Waals surface area (Å²) >= 11 is 0. The van der Waals surface area contributed by atoms with Gasteiger partial charge in [0.05, 0.1) is 5.54 Å². The highest BCUT2D eigenvalue weighted by atomic mass is 16.2. The summed E-state index contributed by atoms with van der Waals surface area (Å²) in [5.74, 6) is -0.0820. The number of anilines is 1. The van der Waals surface area contributed by atoms with Gasteiger partial charge in [-0.1, -0.05) is 18.2 Å². The Kier molecular flexibility index (Phi) is 5.80. The summed E-state index contributed by atoms with van der Waals surface area (Å²) in [6, 6.07) is 10.6. The number of nitrogens with one attached hydrogen (secondary N) is 1. The monoisotopic (exact) mass is 304 g/mol. The molecular formula is C17H28N4O. The van der Waals surface area contributed by atoms with Crippen LogP contribution in [0.1, 0.15) is 20.3 Å². The van der Waals surface area contributed by atoms with Crippen molar-refractivity contribution >= 4 is 11.6 Å². The van der Waals surface area contributed by atoms with Crippen LogP contribution in [-0.2, 0) is 4.79 Å². The van der Waals surface area contributed by atoms with Crippen molar-refractivity contribution in [1.29, 1.82) is 0 Å². The average Bonchev–Trinajstić information content (AvgIpc) is 2.52. The van der Waals surface area contributed by atoms with E-state index in [2.05, 4.69) is 45.4 Å². The maximum Gasteiger partial charge on any atom is 0.239 e. The highest BCUT2D eigenvalue weighted by Crippen LogP contribution is 2.15. The second kappa shape index (κ2) is 7.61. The summed E-state index contributed by atoms with van der Waals surface area (Å²) in [4.78, 5) is 16.5. The zero-order valence-electron chi connectivity index (χ0n) is 13.7.